The molecule has 4 rings (SSSR count). The highest BCUT2D eigenvalue weighted by atomic mass is 79.9. The fourth-order valence-electron chi connectivity index (χ4n) is 3.25. The Morgan fingerprint density at radius 2 is 1.61 bits per heavy atom. The molecular weight excluding hydrogens is 438 g/mol. The standard InChI is InChI=1S/C23H17BrClNO2/c24-18-10-6-16(7-11-18)22(26-28-23(27)17-4-2-1-3-5-17)21-14-20(21)15-8-12-19(25)13-9-15/h1-13,20-21H,14H2/b26-22+. The van der Waals surface area contributed by atoms with E-state index < -0.39 is 5.97 Å². The van der Waals surface area contributed by atoms with Gasteiger partial charge in [0.25, 0.3) is 0 Å². The first-order valence-corrected chi connectivity index (χ1v) is 10.1. The lowest BCUT2D eigenvalue weighted by molar-refractivity contribution is 0.0515. The molecule has 0 radical (unpaired) electrons. The van der Waals surface area contributed by atoms with Crippen LogP contribution in [-0.4, -0.2) is 11.7 Å². The summed E-state index contributed by atoms with van der Waals surface area (Å²) in [4.78, 5) is 17.6. The zero-order valence-electron chi connectivity index (χ0n) is 14.9. The minimum atomic E-state index is -0.459. The van der Waals surface area contributed by atoms with Crippen molar-refractivity contribution in [2.75, 3.05) is 0 Å². The molecule has 0 saturated heterocycles. The van der Waals surface area contributed by atoms with E-state index in [-0.39, 0.29) is 5.92 Å². The summed E-state index contributed by atoms with van der Waals surface area (Å²) >= 11 is 9.46. The Morgan fingerprint density at radius 1 is 0.929 bits per heavy atom. The van der Waals surface area contributed by atoms with Crippen molar-refractivity contribution in [2.24, 2.45) is 11.1 Å². The molecule has 0 heterocycles. The van der Waals surface area contributed by atoms with Crippen LogP contribution in [-0.2, 0) is 4.84 Å². The largest absolute Gasteiger partial charge is 0.365 e. The van der Waals surface area contributed by atoms with Crippen molar-refractivity contribution < 1.29 is 9.63 Å². The van der Waals surface area contributed by atoms with Crippen LogP contribution < -0.4 is 0 Å². The Bertz CT molecular complexity index is 1000. The lowest BCUT2D eigenvalue weighted by Gasteiger charge is -2.07. The Balaban J connectivity index is 1.59. The highest BCUT2D eigenvalue weighted by Crippen LogP contribution is 2.49. The van der Waals surface area contributed by atoms with Gasteiger partial charge in [-0.15, -0.1) is 0 Å². The van der Waals surface area contributed by atoms with E-state index in [1.807, 2.05) is 54.6 Å². The second-order valence-corrected chi connectivity index (χ2v) is 8.08. The molecule has 1 fully saturated rings. The van der Waals surface area contributed by atoms with Crippen LogP contribution in [0.25, 0.3) is 0 Å². The summed E-state index contributed by atoms with van der Waals surface area (Å²) < 4.78 is 0.988. The van der Waals surface area contributed by atoms with Crippen molar-refractivity contribution in [1.82, 2.24) is 0 Å². The molecule has 0 aromatic heterocycles. The van der Waals surface area contributed by atoms with Crippen molar-refractivity contribution in [1.29, 1.82) is 0 Å². The summed E-state index contributed by atoms with van der Waals surface area (Å²) in [5.41, 5.74) is 3.43. The van der Waals surface area contributed by atoms with Gasteiger partial charge in [-0.2, -0.15) is 0 Å². The van der Waals surface area contributed by atoms with Gasteiger partial charge in [0.05, 0.1) is 11.3 Å². The molecule has 28 heavy (non-hydrogen) atoms. The van der Waals surface area contributed by atoms with Crippen LogP contribution in [0.15, 0.2) is 88.5 Å². The lowest BCUT2D eigenvalue weighted by Crippen LogP contribution is -2.09. The second-order valence-electron chi connectivity index (χ2n) is 6.73. The smallest absolute Gasteiger partial charge is 0.313 e. The highest BCUT2D eigenvalue weighted by Gasteiger charge is 2.43. The van der Waals surface area contributed by atoms with Gasteiger partial charge in [0, 0.05) is 15.4 Å². The topological polar surface area (TPSA) is 38.7 Å². The Morgan fingerprint density at radius 3 is 2.29 bits per heavy atom. The lowest BCUT2D eigenvalue weighted by atomic mass is 10.0. The van der Waals surface area contributed by atoms with Gasteiger partial charge in [0.2, 0.25) is 0 Å². The number of carbonyl (C=O) groups excluding carboxylic acids is 1. The SMILES string of the molecule is O=C(O/N=C(\c1ccc(Br)cc1)C1CC1c1ccc(Cl)cc1)c1ccccc1. The molecule has 2 atom stereocenters. The number of hydrogen-bond acceptors (Lipinski definition) is 3. The van der Waals surface area contributed by atoms with Crippen LogP contribution in [0.3, 0.4) is 0 Å². The first-order valence-electron chi connectivity index (χ1n) is 8.97. The summed E-state index contributed by atoms with van der Waals surface area (Å²) in [6.45, 7) is 0. The molecule has 0 N–H and O–H groups in total. The molecule has 0 spiro atoms. The predicted molar refractivity (Wildman–Crippen MR) is 115 cm³/mol. The van der Waals surface area contributed by atoms with Crippen LogP contribution in [0.5, 0.6) is 0 Å². The molecule has 3 aromatic carbocycles. The summed E-state index contributed by atoms with van der Waals surface area (Å²) in [5, 5.41) is 5.00. The monoisotopic (exact) mass is 453 g/mol. The Kier molecular flexibility index (Phi) is 5.60. The van der Waals surface area contributed by atoms with Gasteiger partial charge in [-0.3, -0.25) is 0 Å². The van der Waals surface area contributed by atoms with Crippen LogP contribution in [0, 0.1) is 5.92 Å². The number of nitrogens with zero attached hydrogens (tertiary/aromatic N) is 1. The van der Waals surface area contributed by atoms with E-state index in [1.54, 1.807) is 24.3 Å². The number of carbonyl (C=O) groups is 1. The zero-order valence-corrected chi connectivity index (χ0v) is 17.2. The first-order chi connectivity index (χ1) is 13.6. The molecule has 1 aliphatic carbocycles. The van der Waals surface area contributed by atoms with Gasteiger partial charge in [-0.05, 0) is 59.9 Å². The summed E-state index contributed by atoms with van der Waals surface area (Å²) in [5.74, 6) is 0.0833. The fourth-order valence-corrected chi connectivity index (χ4v) is 3.64. The summed E-state index contributed by atoms with van der Waals surface area (Å²) in [6, 6.07) is 24.7. The Hall–Kier alpha value is -2.43. The maximum absolute atomic E-state index is 12.3. The Labute approximate surface area is 177 Å². The minimum absolute atomic E-state index is 0.200. The van der Waals surface area contributed by atoms with Crippen molar-refractivity contribution in [3.8, 4) is 0 Å². The zero-order chi connectivity index (χ0) is 19.5. The number of benzene rings is 3. The van der Waals surface area contributed by atoms with Crippen molar-refractivity contribution in [3.05, 3.63) is 105 Å². The van der Waals surface area contributed by atoms with Crippen LogP contribution in [0.1, 0.15) is 33.8 Å². The van der Waals surface area contributed by atoms with Crippen molar-refractivity contribution in [3.63, 3.8) is 0 Å². The number of halogens is 2. The molecule has 1 saturated carbocycles. The highest BCUT2D eigenvalue weighted by molar-refractivity contribution is 9.10. The molecule has 1 aliphatic rings. The van der Waals surface area contributed by atoms with Crippen molar-refractivity contribution >= 4 is 39.2 Å². The third kappa shape index (κ3) is 4.34. The molecule has 3 aromatic rings. The number of hydrogen-bond donors (Lipinski definition) is 0. The quantitative estimate of drug-likeness (QED) is 0.252. The van der Waals surface area contributed by atoms with Gasteiger partial charge in [0.15, 0.2) is 0 Å². The molecule has 2 unspecified atom stereocenters. The molecule has 0 bridgehead atoms. The minimum Gasteiger partial charge on any atom is -0.313 e. The van der Waals surface area contributed by atoms with E-state index in [9.17, 15) is 4.79 Å². The number of oxime groups is 1. The number of rotatable bonds is 5. The van der Waals surface area contributed by atoms with Gasteiger partial charge < -0.3 is 4.84 Å². The van der Waals surface area contributed by atoms with Crippen molar-refractivity contribution in [2.45, 2.75) is 12.3 Å². The predicted octanol–water partition coefficient (Wildman–Crippen LogP) is 6.47. The van der Waals surface area contributed by atoms with E-state index in [2.05, 4.69) is 21.1 Å². The van der Waals surface area contributed by atoms with Gasteiger partial charge in [-0.25, -0.2) is 4.79 Å². The average Bonchev–Trinajstić information content (AvgIpc) is 3.51. The molecular formula is C23H17BrClNO2. The van der Waals surface area contributed by atoms with E-state index in [1.165, 1.54) is 5.56 Å². The van der Waals surface area contributed by atoms with E-state index >= 15 is 0 Å². The molecule has 0 aliphatic heterocycles. The van der Waals surface area contributed by atoms with Gasteiger partial charge in [0.1, 0.15) is 0 Å². The maximum Gasteiger partial charge on any atom is 0.365 e. The first kappa shape index (κ1) is 18.9. The third-order valence-electron chi connectivity index (χ3n) is 4.82. The van der Waals surface area contributed by atoms with Crippen LogP contribution >= 0.6 is 27.5 Å². The molecule has 140 valence electrons. The van der Waals surface area contributed by atoms with Crippen LogP contribution in [0.2, 0.25) is 5.02 Å². The van der Waals surface area contributed by atoms with E-state index in [4.69, 9.17) is 16.4 Å². The summed E-state index contributed by atoms with van der Waals surface area (Å²) in [6.07, 6.45) is 0.958. The molecule has 0 amide bonds. The van der Waals surface area contributed by atoms with E-state index in [0.717, 1.165) is 27.2 Å². The average molecular weight is 455 g/mol. The third-order valence-corrected chi connectivity index (χ3v) is 5.60. The second kappa shape index (κ2) is 8.29. The summed E-state index contributed by atoms with van der Waals surface area (Å²) in [7, 11) is 0. The maximum atomic E-state index is 12.3. The van der Waals surface area contributed by atoms with Gasteiger partial charge >= 0.3 is 5.97 Å². The molecule has 3 nitrogen and oxygen atoms in total. The molecule has 5 heteroatoms. The normalized spacial score (nSPS) is 18.6. The van der Waals surface area contributed by atoms with Crippen LogP contribution in [0.4, 0.5) is 0 Å². The van der Waals surface area contributed by atoms with E-state index in [0.29, 0.717) is 11.5 Å². The fraction of sp³-hybridized carbons (Fsp3) is 0.130. The van der Waals surface area contributed by atoms with Gasteiger partial charge in [-0.1, -0.05) is 75.2 Å².